The Morgan fingerprint density at radius 2 is 1.00 bits per heavy atom. The third-order valence-corrected chi connectivity index (χ3v) is 10.9. The lowest BCUT2D eigenvalue weighted by atomic mass is 9.77. The molecule has 2 aliphatic carbocycles. The molecule has 0 unspecified atom stereocenters. The van der Waals surface area contributed by atoms with Gasteiger partial charge in [-0.05, 0) is 121 Å². The molecule has 2 aromatic carbocycles. The summed E-state index contributed by atoms with van der Waals surface area (Å²) >= 11 is 0. The number of carbonyl (C=O) groups is 5. The van der Waals surface area contributed by atoms with Gasteiger partial charge in [0.2, 0.25) is 0 Å². The van der Waals surface area contributed by atoms with E-state index in [0.29, 0.717) is 36.8 Å². The first-order valence-electron chi connectivity index (χ1n) is 21.9. The van der Waals surface area contributed by atoms with Gasteiger partial charge in [0.05, 0.1) is 12.8 Å². The van der Waals surface area contributed by atoms with Gasteiger partial charge >= 0.3 is 24.1 Å². The first-order valence-corrected chi connectivity index (χ1v) is 21.9. The van der Waals surface area contributed by atoms with Gasteiger partial charge in [0.1, 0.15) is 30.7 Å². The van der Waals surface area contributed by atoms with Gasteiger partial charge in [0.25, 0.3) is 0 Å². The van der Waals surface area contributed by atoms with Gasteiger partial charge in [-0.3, -0.25) is 9.59 Å². The Labute approximate surface area is 358 Å². The van der Waals surface area contributed by atoms with E-state index in [-0.39, 0.29) is 68.6 Å². The Bertz CT molecular complexity index is 1560. The molecule has 2 aromatic rings. The Morgan fingerprint density at radius 1 is 0.617 bits per heavy atom. The quantitative estimate of drug-likeness (QED) is 0.0749. The summed E-state index contributed by atoms with van der Waals surface area (Å²) in [7, 11) is 0. The predicted molar refractivity (Wildman–Crippen MR) is 230 cm³/mol. The van der Waals surface area contributed by atoms with Crippen molar-refractivity contribution in [2.24, 2.45) is 35.5 Å². The average molecular weight is 837 g/mol. The minimum Gasteiger partial charge on any atom is -0.461 e. The number of hydrogen-bond donors (Lipinski definition) is 3. The number of nitrogens with one attached hydrogen (secondary N) is 2. The number of benzene rings is 2. The van der Waals surface area contributed by atoms with Crippen molar-refractivity contribution in [3.63, 3.8) is 0 Å². The minimum absolute atomic E-state index is 0.000561. The number of aldehydes is 1. The number of esters is 2. The van der Waals surface area contributed by atoms with E-state index < -0.39 is 11.2 Å². The second-order valence-electron chi connectivity index (χ2n) is 18.7. The van der Waals surface area contributed by atoms with Gasteiger partial charge in [0.15, 0.2) is 0 Å². The van der Waals surface area contributed by atoms with E-state index in [1.165, 1.54) is 0 Å². The molecule has 3 N–H and O–H groups in total. The van der Waals surface area contributed by atoms with Crippen LogP contribution in [0.2, 0.25) is 0 Å². The summed E-state index contributed by atoms with van der Waals surface area (Å²) in [5.74, 6) is 0.877. The Hall–Kier alpha value is -4.45. The summed E-state index contributed by atoms with van der Waals surface area (Å²) in [6, 6.07) is 19.1. The Morgan fingerprint density at radius 3 is 1.38 bits per heavy atom. The lowest BCUT2D eigenvalue weighted by Crippen LogP contribution is -2.36. The molecule has 2 atom stereocenters. The van der Waals surface area contributed by atoms with Crippen LogP contribution < -0.4 is 10.6 Å². The van der Waals surface area contributed by atoms with Gasteiger partial charge < -0.3 is 39.5 Å². The zero-order valence-electron chi connectivity index (χ0n) is 37.0. The molecule has 0 spiro atoms. The van der Waals surface area contributed by atoms with Crippen LogP contribution in [0, 0.1) is 35.5 Å². The van der Waals surface area contributed by atoms with E-state index in [0.717, 1.165) is 81.6 Å². The normalized spacial score (nSPS) is 20.2. The number of carbonyl (C=O) groups excluding carboxylic acids is 5. The van der Waals surface area contributed by atoms with E-state index in [1.807, 2.05) is 102 Å². The average Bonchev–Trinajstić information content (AvgIpc) is 3.21. The number of aliphatic hydroxyl groups is 1. The molecule has 12 heteroatoms. The number of hydrogen-bond acceptors (Lipinski definition) is 10. The van der Waals surface area contributed by atoms with Crippen LogP contribution in [0.4, 0.5) is 9.59 Å². The molecule has 0 aromatic heterocycles. The van der Waals surface area contributed by atoms with Crippen LogP contribution in [0.15, 0.2) is 60.7 Å². The summed E-state index contributed by atoms with van der Waals surface area (Å²) < 4.78 is 21.2. The second kappa shape index (κ2) is 26.0. The topological polar surface area (TPSA) is 167 Å². The van der Waals surface area contributed by atoms with Crippen LogP contribution in [-0.4, -0.2) is 66.4 Å². The first-order chi connectivity index (χ1) is 28.5. The van der Waals surface area contributed by atoms with Crippen molar-refractivity contribution in [1.82, 2.24) is 10.6 Å². The first kappa shape index (κ1) is 49.9. The minimum atomic E-state index is -0.492. The van der Waals surface area contributed by atoms with Crippen molar-refractivity contribution in [3.8, 4) is 0 Å². The van der Waals surface area contributed by atoms with Crippen LogP contribution in [0.1, 0.15) is 130 Å². The van der Waals surface area contributed by atoms with Crippen molar-refractivity contribution in [2.45, 2.75) is 143 Å². The highest BCUT2D eigenvalue weighted by Gasteiger charge is 2.28. The van der Waals surface area contributed by atoms with Crippen molar-refractivity contribution >= 4 is 30.4 Å². The second-order valence-corrected chi connectivity index (χ2v) is 18.7. The molecular weight excluding hydrogens is 765 g/mol. The third-order valence-electron chi connectivity index (χ3n) is 10.9. The molecule has 60 heavy (non-hydrogen) atoms. The van der Waals surface area contributed by atoms with Gasteiger partial charge in [-0.25, -0.2) is 9.59 Å². The summed E-state index contributed by atoms with van der Waals surface area (Å²) in [6.07, 6.45) is 10.3. The largest absolute Gasteiger partial charge is 0.461 e. The summed E-state index contributed by atoms with van der Waals surface area (Å²) in [4.78, 5) is 59.3. The lowest BCUT2D eigenvalue weighted by molar-refractivity contribution is -0.147. The van der Waals surface area contributed by atoms with Gasteiger partial charge in [-0.15, -0.1) is 0 Å². The van der Waals surface area contributed by atoms with E-state index in [2.05, 4.69) is 10.6 Å². The molecule has 334 valence electrons. The predicted octanol–water partition coefficient (Wildman–Crippen LogP) is 9.11. The molecule has 2 saturated carbocycles. The van der Waals surface area contributed by atoms with Crippen LogP contribution in [0.3, 0.4) is 0 Å². The molecule has 0 heterocycles. The fourth-order valence-corrected chi connectivity index (χ4v) is 7.78. The summed E-state index contributed by atoms with van der Waals surface area (Å²) in [6.45, 7) is 12.9. The number of rotatable bonds is 18. The van der Waals surface area contributed by atoms with Gasteiger partial charge in [-0.1, -0.05) is 86.3 Å². The Kier molecular flexibility index (Phi) is 21.6. The highest BCUT2D eigenvalue weighted by Crippen LogP contribution is 2.34. The molecule has 0 radical (unpaired) electrons. The molecule has 2 amide bonds. The number of ether oxygens (including phenoxy) is 4. The summed E-state index contributed by atoms with van der Waals surface area (Å²) in [5, 5.41) is 15.4. The van der Waals surface area contributed by atoms with E-state index in [9.17, 15) is 29.1 Å². The van der Waals surface area contributed by atoms with Crippen LogP contribution in [-0.2, 0) is 46.5 Å². The smallest absolute Gasteiger partial charge is 0.407 e. The number of amides is 2. The van der Waals surface area contributed by atoms with Crippen LogP contribution in [0.5, 0.6) is 0 Å². The molecule has 0 aliphatic heterocycles. The van der Waals surface area contributed by atoms with E-state index in [1.54, 1.807) is 0 Å². The zero-order chi connectivity index (χ0) is 44.0. The van der Waals surface area contributed by atoms with Crippen molar-refractivity contribution in [1.29, 1.82) is 0 Å². The molecule has 0 saturated heterocycles. The highest BCUT2D eigenvalue weighted by molar-refractivity contribution is 5.73. The molecular formula is C48H72N2O10. The maximum Gasteiger partial charge on any atom is 0.407 e. The maximum absolute atomic E-state index is 12.1. The summed E-state index contributed by atoms with van der Waals surface area (Å²) in [5.41, 5.74) is 0.924. The van der Waals surface area contributed by atoms with Crippen molar-refractivity contribution in [2.75, 3.05) is 19.7 Å². The molecule has 2 fully saturated rings. The third kappa shape index (κ3) is 22.2. The highest BCUT2D eigenvalue weighted by atomic mass is 16.6. The molecule has 2 aliphatic rings. The van der Waals surface area contributed by atoms with E-state index in [4.69, 9.17) is 18.9 Å². The fraction of sp³-hybridized carbons (Fsp3) is 0.646. The zero-order valence-corrected chi connectivity index (χ0v) is 37.0. The molecule has 12 nitrogen and oxygen atoms in total. The van der Waals surface area contributed by atoms with Crippen LogP contribution >= 0.6 is 0 Å². The van der Waals surface area contributed by atoms with E-state index >= 15 is 0 Å². The monoisotopic (exact) mass is 837 g/mol. The number of aliphatic hydroxyl groups excluding tert-OH is 1. The number of alkyl carbamates (subject to hydrolysis) is 2. The van der Waals surface area contributed by atoms with Crippen LogP contribution in [0.25, 0.3) is 0 Å². The SMILES string of the molecule is CC(C)(C)OC(=O)NCC1CCC(C[C@@H](C=O)CC(=O)OCc2ccccc2)CC1.CC(C)(C)OC(=O)NCC1CCC(C[C@@H](CO)CC(=O)OCc2ccccc2)CC1. The van der Waals surface area contributed by atoms with Gasteiger partial charge in [-0.2, -0.15) is 0 Å². The maximum atomic E-state index is 12.1. The molecule has 0 bridgehead atoms. The van der Waals surface area contributed by atoms with Crippen molar-refractivity contribution < 1.29 is 48.0 Å². The van der Waals surface area contributed by atoms with Crippen molar-refractivity contribution in [3.05, 3.63) is 71.8 Å². The molecule has 4 rings (SSSR count). The standard InChI is InChI=1S/C24H37NO5.C24H35NO5/c2*1-24(2,3)30-23(28)25-15-19-11-9-18(10-12-19)13-21(16-26)14-22(27)29-17-20-7-5-4-6-8-20/h4-8,18-19,21,26H,9-17H2,1-3H3,(H,25,28);4-8,16,18-19,21H,9-15,17H2,1-3H3,(H,25,28)/t2*18?,19?,21-/m11/s1. The van der Waals surface area contributed by atoms with Gasteiger partial charge in [0, 0.05) is 25.6 Å². The lowest BCUT2D eigenvalue weighted by Gasteiger charge is -2.30. The Balaban J connectivity index is 0.000000320. The fourth-order valence-electron chi connectivity index (χ4n) is 7.78.